The van der Waals surface area contributed by atoms with Crippen LogP contribution < -0.4 is 0 Å². The van der Waals surface area contributed by atoms with Gasteiger partial charge < -0.3 is 0 Å². The van der Waals surface area contributed by atoms with E-state index in [0.717, 1.165) is 33.9 Å². The molecule has 0 fully saturated rings. The summed E-state index contributed by atoms with van der Waals surface area (Å²) in [5.74, 6) is 0.742. The SMILES string of the molecule is CC1(C)c2ccc(-c3ccc4c(-c5ccc6ccccc6c5)c5ccccc5c(-c5ccc6ccccc6c5)c4c3)cc2-c2nc(-c3ccccc3)nc(-c3ccccc3)c21. The van der Waals surface area contributed by atoms with Crippen molar-refractivity contribution >= 4 is 43.1 Å². The van der Waals surface area contributed by atoms with Crippen LogP contribution in [0.5, 0.6) is 0 Å². The standard InChI is InChI=1S/C59H40N2/c1-59(2)52-32-30-44(36-51(52)57-55(59)56(39-17-5-3-6-18-39)60-58(61-57)40-19-7-4-8-20-40)43-29-31-49-50(35-43)54(46-28-26-38-16-10-12-22-42(38)34-46)48-24-14-13-23-47(48)53(49)45-27-25-37-15-9-11-21-41(37)33-45/h3-36H,1-2H3. The highest BCUT2D eigenvalue weighted by Crippen LogP contribution is 2.53. The van der Waals surface area contributed by atoms with Gasteiger partial charge in [-0.05, 0) is 106 Å². The molecule has 61 heavy (non-hydrogen) atoms. The van der Waals surface area contributed by atoms with Crippen LogP contribution in [0.3, 0.4) is 0 Å². The van der Waals surface area contributed by atoms with Gasteiger partial charge in [-0.1, -0.05) is 196 Å². The van der Waals surface area contributed by atoms with Gasteiger partial charge in [0.25, 0.3) is 0 Å². The summed E-state index contributed by atoms with van der Waals surface area (Å²) < 4.78 is 0. The van der Waals surface area contributed by atoms with Crippen LogP contribution in [0.1, 0.15) is 25.0 Å². The summed E-state index contributed by atoms with van der Waals surface area (Å²) in [4.78, 5) is 10.7. The molecule has 0 N–H and O–H groups in total. The monoisotopic (exact) mass is 776 g/mol. The molecule has 0 aliphatic heterocycles. The van der Waals surface area contributed by atoms with Crippen molar-refractivity contribution in [2.75, 3.05) is 0 Å². The molecular weight excluding hydrogens is 737 g/mol. The number of fused-ring (bicyclic) bond motifs is 7. The van der Waals surface area contributed by atoms with E-state index in [0.29, 0.717) is 0 Å². The number of aromatic nitrogens is 2. The minimum Gasteiger partial charge on any atom is -0.228 e. The fourth-order valence-electron chi connectivity index (χ4n) is 10.0. The number of hydrogen-bond donors (Lipinski definition) is 0. The van der Waals surface area contributed by atoms with Crippen LogP contribution in [-0.4, -0.2) is 9.97 Å². The van der Waals surface area contributed by atoms with Crippen molar-refractivity contribution in [1.29, 1.82) is 0 Å². The zero-order chi connectivity index (χ0) is 40.7. The van der Waals surface area contributed by atoms with Crippen LogP contribution in [0.4, 0.5) is 0 Å². The summed E-state index contributed by atoms with van der Waals surface area (Å²) in [6.07, 6.45) is 0. The lowest BCUT2D eigenvalue weighted by molar-refractivity contribution is 0.658. The molecule has 0 spiro atoms. The summed E-state index contributed by atoms with van der Waals surface area (Å²) in [6, 6.07) is 75.2. The third-order valence-corrected chi connectivity index (χ3v) is 13.0. The van der Waals surface area contributed by atoms with Gasteiger partial charge in [-0.2, -0.15) is 0 Å². The fraction of sp³-hybridized carbons (Fsp3) is 0.0508. The topological polar surface area (TPSA) is 25.8 Å². The molecule has 1 heterocycles. The van der Waals surface area contributed by atoms with E-state index in [1.165, 1.54) is 87.6 Å². The fourth-order valence-corrected chi connectivity index (χ4v) is 10.0. The van der Waals surface area contributed by atoms with E-state index in [2.05, 4.69) is 214 Å². The molecule has 1 aliphatic rings. The Bertz CT molecular complexity index is 3550. The lowest BCUT2D eigenvalue weighted by atomic mass is 9.80. The molecule has 2 heteroatoms. The van der Waals surface area contributed by atoms with Gasteiger partial charge in [0.05, 0.1) is 11.4 Å². The molecule has 1 aliphatic carbocycles. The molecule has 286 valence electrons. The molecule has 10 aromatic carbocycles. The Balaban J connectivity index is 1.11. The van der Waals surface area contributed by atoms with Gasteiger partial charge in [0, 0.05) is 27.7 Å². The molecule has 12 rings (SSSR count). The van der Waals surface area contributed by atoms with Crippen molar-refractivity contribution in [3.63, 3.8) is 0 Å². The van der Waals surface area contributed by atoms with Crippen LogP contribution in [0.25, 0.3) is 110 Å². The van der Waals surface area contributed by atoms with Crippen molar-refractivity contribution in [3.8, 4) is 67.3 Å². The molecule has 0 saturated carbocycles. The minimum atomic E-state index is -0.302. The highest BCUT2D eigenvalue weighted by Gasteiger charge is 2.40. The highest BCUT2D eigenvalue weighted by atomic mass is 14.9. The van der Waals surface area contributed by atoms with Crippen molar-refractivity contribution in [3.05, 3.63) is 217 Å². The molecular formula is C59H40N2. The molecule has 0 radical (unpaired) electrons. The lowest BCUT2D eigenvalue weighted by Crippen LogP contribution is -2.17. The van der Waals surface area contributed by atoms with Gasteiger partial charge in [-0.3, -0.25) is 0 Å². The largest absolute Gasteiger partial charge is 0.228 e. The first-order valence-corrected chi connectivity index (χ1v) is 21.1. The number of benzene rings is 10. The Morgan fingerprint density at radius 3 is 1.44 bits per heavy atom. The number of nitrogens with zero attached hydrogens (tertiary/aromatic N) is 2. The second-order valence-electron chi connectivity index (χ2n) is 16.9. The summed E-state index contributed by atoms with van der Waals surface area (Å²) >= 11 is 0. The van der Waals surface area contributed by atoms with E-state index in [1.807, 2.05) is 6.07 Å². The van der Waals surface area contributed by atoms with E-state index >= 15 is 0 Å². The van der Waals surface area contributed by atoms with Crippen LogP contribution >= 0.6 is 0 Å². The third-order valence-electron chi connectivity index (χ3n) is 13.0. The normalized spacial score (nSPS) is 12.9. The van der Waals surface area contributed by atoms with Crippen molar-refractivity contribution in [2.24, 2.45) is 0 Å². The molecule has 1 aromatic heterocycles. The smallest absolute Gasteiger partial charge is 0.160 e. The molecule has 2 nitrogen and oxygen atoms in total. The second-order valence-corrected chi connectivity index (χ2v) is 16.9. The molecule has 0 atom stereocenters. The molecule has 11 aromatic rings. The van der Waals surface area contributed by atoms with Gasteiger partial charge in [0.15, 0.2) is 5.82 Å². The van der Waals surface area contributed by atoms with Gasteiger partial charge in [-0.15, -0.1) is 0 Å². The van der Waals surface area contributed by atoms with Crippen LogP contribution in [0.2, 0.25) is 0 Å². The van der Waals surface area contributed by atoms with Gasteiger partial charge in [0.1, 0.15) is 0 Å². The Morgan fingerprint density at radius 1 is 0.328 bits per heavy atom. The zero-order valence-electron chi connectivity index (χ0n) is 34.0. The Morgan fingerprint density at radius 2 is 0.803 bits per heavy atom. The van der Waals surface area contributed by atoms with Gasteiger partial charge in [0.2, 0.25) is 0 Å². The van der Waals surface area contributed by atoms with Crippen LogP contribution in [0.15, 0.2) is 206 Å². The molecule has 0 unspecified atom stereocenters. The summed E-state index contributed by atoms with van der Waals surface area (Å²) in [6.45, 7) is 4.64. The maximum Gasteiger partial charge on any atom is 0.160 e. The quantitative estimate of drug-likeness (QED) is 0.163. The van der Waals surface area contributed by atoms with E-state index in [1.54, 1.807) is 0 Å². The van der Waals surface area contributed by atoms with Crippen molar-refractivity contribution in [1.82, 2.24) is 9.97 Å². The summed E-state index contributed by atoms with van der Waals surface area (Å²) in [7, 11) is 0. The van der Waals surface area contributed by atoms with E-state index in [-0.39, 0.29) is 5.41 Å². The predicted molar refractivity (Wildman–Crippen MR) is 257 cm³/mol. The molecule has 0 saturated heterocycles. The molecule has 0 amide bonds. The van der Waals surface area contributed by atoms with E-state index < -0.39 is 0 Å². The Labute approximate surface area is 355 Å². The van der Waals surface area contributed by atoms with Gasteiger partial charge >= 0.3 is 0 Å². The zero-order valence-corrected chi connectivity index (χ0v) is 34.0. The number of rotatable bonds is 5. The van der Waals surface area contributed by atoms with E-state index in [9.17, 15) is 0 Å². The second kappa shape index (κ2) is 13.7. The maximum atomic E-state index is 5.40. The molecule has 0 bridgehead atoms. The van der Waals surface area contributed by atoms with Gasteiger partial charge in [-0.25, -0.2) is 9.97 Å². The lowest BCUT2D eigenvalue weighted by Gasteiger charge is -2.24. The van der Waals surface area contributed by atoms with Crippen molar-refractivity contribution in [2.45, 2.75) is 19.3 Å². The van der Waals surface area contributed by atoms with E-state index in [4.69, 9.17) is 9.97 Å². The maximum absolute atomic E-state index is 5.40. The summed E-state index contributed by atoms with van der Waals surface area (Å²) in [5, 5.41) is 9.92. The predicted octanol–water partition coefficient (Wildman–Crippen LogP) is 15.7. The average Bonchev–Trinajstić information content (AvgIpc) is 3.55. The highest BCUT2D eigenvalue weighted by molar-refractivity contribution is 6.22. The van der Waals surface area contributed by atoms with Crippen LogP contribution in [0, 0.1) is 0 Å². The average molecular weight is 777 g/mol. The van der Waals surface area contributed by atoms with Crippen LogP contribution in [-0.2, 0) is 5.41 Å². The van der Waals surface area contributed by atoms with Crippen molar-refractivity contribution < 1.29 is 0 Å². The Kier molecular flexibility index (Phi) is 7.92. The minimum absolute atomic E-state index is 0.302. The first-order chi connectivity index (χ1) is 30.0. The Hall–Kier alpha value is -7.68. The third kappa shape index (κ3) is 5.64. The first-order valence-electron chi connectivity index (χ1n) is 21.1. The number of hydrogen-bond acceptors (Lipinski definition) is 2. The summed E-state index contributed by atoms with van der Waals surface area (Å²) in [5.41, 5.74) is 14.7. The first kappa shape index (κ1) is 35.3.